The number of carbonyl (C=O) groups excluding carboxylic acids is 1. The first kappa shape index (κ1) is 14.6. The summed E-state index contributed by atoms with van der Waals surface area (Å²) in [6.07, 6.45) is 4.66. The number of hydrogen-bond donors (Lipinski definition) is 2. The Labute approximate surface area is 128 Å². The number of carbonyl (C=O) groups is 1. The second-order valence-electron chi connectivity index (χ2n) is 5.42. The molecule has 6 heteroatoms. The van der Waals surface area contributed by atoms with E-state index in [4.69, 9.17) is 4.74 Å². The van der Waals surface area contributed by atoms with Gasteiger partial charge in [-0.25, -0.2) is 4.98 Å². The van der Waals surface area contributed by atoms with Gasteiger partial charge in [0.2, 0.25) is 0 Å². The highest BCUT2D eigenvalue weighted by atomic mass is 16.5. The minimum atomic E-state index is -1.19. The average molecular weight is 301 g/mol. The van der Waals surface area contributed by atoms with Crippen LogP contribution >= 0.6 is 0 Å². The van der Waals surface area contributed by atoms with E-state index in [0.717, 1.165) is 18.5 Å². The smallest absolute Gasteiger partial charge is 0.253 e. The van der Waals surface area contributed by atoms with Crippen molar-refractivity contribution in [3.05, 3.63) is 48.0 Å². The molecule has 0 aliphatic heterocycles. The third-order valence-electron chi connectivity index (χ3n) is 3.81. The molecular weight excluding hydrogens is 282 g/mol. The third kappa shape index (κ3) is 3.12. The van der Waals surface area contributed by atoms with E-state index in [1.165, 1.54) is 0 Å². The topological polar surface area (TPSA) is 76.4 Å². The maximum absolute atomic E-state index is 12.1. The predicted molar refractivity (Wildman–Crippen MR) is 80.3 cm³/mol. The minimum absolute atomic E-state index is 0.364. The number of imidazole rings is 1. The first-order valence-electron chi connectivity index (χ1n) is 7.29. The summed E-state index contributed by atoms with van der Waals surface area (Å²) in [7, 11) is 1.57. The lowest BCUT2D eigenvalue weighted by Gasteiger charge is -2.13. The zero-order valence-corrected chi connectivity index (χ0v) is 12.4. The molecule has 1 aromatic heterocycles. The zero-order valence-electron chi connectivity index (χ0n) is 12.4. The third-order valence-corrected chi connectivity index (χ3v) is 3.81. The molecule has 0 spiro atoms. The molecule has 2 aromatic rings. The summed E-state index contributed by atoms with van der Waals surface area (Å²) in [5.74, 6) is 0.262. The number of aromatic nitrogens is 2. The Morgan fingerprint density at radius 1 is 1.45 bits per heavy atom. The standard InChI is InChI=1S/C16H19N3O3/c1-22-14-6-2-11(3-7-14)15(20)16(21)18-9-13-8-17-10-19(13)12-4-5-12/h2-3,6-8,10,12,15,20H,4-5,9H2,1H3,(H,18,21)/t15-/m0/s1. The molecule has 1 atom stereocenters. The Kier molecular flexibility index (Phi) is 4.11. The molecule has 0 saturated heterocycles. The number of amides is 1. The van der Waals surface area contributed by atoms with Gasteiger partial charge in [-0.1, -0.05) is 12.1 Å². The van der Waals surface area contributed by atoms with Crippen LogP contribution in [0.1, 0.15) is 36.2 Å². The quantitative estimate of drug-likeness (QED) is 0.849. The molecule has 1 fully saturated rings. The van der Waals surface area contributed by atoms with E-state index in [1.54, 1.807) is 43.9 Å². The van der Waals surface area contributed by atoms with E-state index in [2.05, 4.69) is 14.9 Å². The lowest BCUT2D eigenvalue weighted by atomic mass is 10.1. The maximum Gasteiger partial charge on any atom is 0.253 e. The fourth-order valence-corrected chi connectivity index (χ4v) is 2.36. The molecule has 0 unspecified atom stereocenters. The number of methoxy groups -OCH3 is 1. The van der Waals surface area contributed by atoms with Crippen LogP contribution in [0.25, 0.3) is 0 Å². The van der Waals surface area contributed by atoms with Crippen molar-refractivity contribution in [3.8, 4) is 5.75 Å². The van der Waals surface area contributed by atoms with Crippen LogP contribution in [0.4, 0.5) is 0 Å². The second-order valence-corrected chi connectivity index (χ2v) is 5.42. The molecule has 1 heterocycles. The number of nitrogens with one attached hydrogen (secondary N) is 1. The summed E-state index contributed by atoms with van der Waals surface area (Å²) >= 11 is 0. The molecule has 116 valence electrons. The normalized spacial score (nSPS) is 15.4. The zero-order chi connectivity index (χ0) is 15.5. The molecule has 1 saturated carbocycles. The first-order chi connectivity index (χ1) is 10.7. The Morgan fingerprint density at radius 3 is 2.82 bits per heavy atom. The number of hydrogen-bond acceptors (Lipinski definition) is 4. The lowest BCUT2D eigenvalue weighted by molar-refractivity contribution is -0.129. The molecule has 3 rings (SSSR count). The van der Waals surface area contributed by atoms with Crippen LogP contribution in [0.2, 0.25) is 0 Å². The van der Waals surface area contributed by atoms with Crippen molar-refractivity contribution >= 4 is 5.91 Å². The fraction of sp³-hybridized carbons (Fsp3) is 0.375. The summed E-state index contributed by atoms with van der Waals surface area (Å²) in [4.78, 5) is 16.2. The van der Waals surface area contributed by atoms with Crippen LogP contribution in [0.15, 0.2) is 36.8 Å². The monoisotopic (exact) mass is 301 g/mol. The van der Waals surface area contributed by atoms with E-state index >= 15 is 0 Å². The number of ether oxygens (including phenoxy) is 1. The summed E-state index contributed by atoms with van der Waals surface area (Å²) in [5, 5.41) is 12.9. The number of benzene rings is 1. The summed E-state index contributed by atoms with van der Waals surface area (Å²) < 4.78 is 7.14. The second kappa shape index (κ2) is 6.19. The van der Waals surface area contributed by atoms with Crippen molar-refractivity contribution in [1.29, 1.82) is 0 Å². The molecule has 0 bridgehead atoms. The van der Waals surface area contributed by atoms with Gasteiger partial charge in [-0.2, -0.15) is 0 Å². The SMILES string of the molecule is COc1ccc([C@H](O)C(=O)NCc2cncn2C2CC2)cc1. The van der Waals surface area contributed by atoms with Crippen molar-refractivity contribution in [2.75, 3.05) is 7.11 Å². The van der Waals surface area contributed by atoms with Gasteiger partial charge in [-0.3, -0.25) is 4.79 Å². The van der Waals surface area contributed by atoms with E-state index in [-0.39, 0.29) is 0 Å². The predicted octanol–water partition coefficient (Wildman–Crippen LogP) is 1.58. The van der Waals surface area contributed by atoms with Gasteiger partial charge in [-0.15, -0.1) is 0 Å². The van der Waals surface area contributed by atoms with Gasteiger partial charge >= 0.3 is 0 Å². The number of nitrogens with zero attached hydrogens (tertiary/aromatic N) is 2. The molecule has 1 amide bonds. The summed E-state index contributed by atoms with van der Waals surface area (Å²) in [5.41, 5.74) is 1.49. The Balaban J connectivity index is 1.59. The van der Waals surface area contributed by atoms with E-state index in [0.29, 0.717) is 23.9 Å². The molecule has 1 aliphatic carbocycles. The van der Waals surface area contributed by atoms with Crippen LogP contribution in [0.3, 0.4) is 0 Å². The van der Waals surface area contributed by atoms with Crippen molar-refractivity contribution < 1.29 is 14.6 Å². The lowest BCUT2D eigenvalue weighted by Crippen LogP contribution is -2.29. The van der Waals surface area contributed by atoms with Crippen LogP contribution in [-0.4, -0.2) is 27.7 Å². The molecule has 2 N–H and O–H groups in total. The Morgan fingerprint density at radius 2 is 2.18 bits per heavy atom. The van der Waals surface area contributed by atoms with Crippen molar-refractivity contribution in [2.45, 2.75) is 31.5 Å². The summed E-state index contributed by atoms with van der Waals surface area (Å²) in [6, 6.07) is 7.30. The van der Waals surface area contributed by atoms with Crippen LogP contribution in [0, 0.1) is 0 Å². The largest absolute Gasteiger partial charge is 0.497 e. The molecule has 22 heavy (non-hydrogen) atoms. The van der Waals surface area contributed by atoms with E-state index in [9.17, 15) is 9.90 Å². The molecule has 1 aromatic carbocycles. The van der Waals surface area contributed by atoms with Crippen molar-refractivity contribution in [3.63, 3.8) is 0 Å². The maximum atomic E-state index is 12.1. The molecule has 6 nitrogen and oxygen atoms in total. The molecule has 0 radical (unpaired) electrons. The first-order valence-corrected chi connectivity index (χ1v) is 7.29. The van der Waals surface area contributed by atoms with Crippen LogP contribution in [0.5, 0.6) is 5.75 Å². The highest BCUT2D eigenvalue weighted by Gasteiger charge is 2.25. The fourth-order valence-electron chi connectivity index (χ4n) is 2.36. The van der Waals surface area contributed by atoms with Gasteiger partial charge in [0.1, 0.15) is 5.75 Å². The van der Waals surface area contributed by atoms with Gasteiger partial charge < -0.3 is 19.7 Å². The van der Waals surface area contributed by atoms with E-state index in [1.807, 2.05) is 0 Å². The van der Waals surface area contributed by atoms with Crippen LogP contribution < -0.4 is 10.1 Å². The van der Waals surface area contributed by atoms with E-state index < -0.39 is 12.0 Å². The van der Waals surface area contributed by atoms with Gasteiger partial charge in [0.15, 0.2) is 6.10 Å². The molecular formula is C16H19N3O3. The van der Waals surface area contributed by atoms with Gasteiger partial charge in [0.25, 0.3) is 5.91 Å². The minimum Gasteiger partial charge on any atom is -0.497 e. The Bertz CT molecular complexity index is 647. The van der Waals surface area contributed by atoms with Crippen LogP contribution in [-0.2, 0) is 11.3 Å². The summed E-state index contributed by atoms with van der Waals surface area (Å²) in [6.45, 7) is 0.364. The molecule has 1 aliphatic rings. The van der Waals surface area contributed by atoms with Gasteiger partial charge in [-0.05, 0) is 30.5 Å². The van der Waals surface area contributed by atoms with Crippen molar-refractivity contribution in [1.82, 2.24) is 14.9 Å². The highest BCUT2D eigenvalue weighted by molar-refractivity contribution is 5.81. The highest BCUT2D eigenvalue weighted by Crippen LogP contribution is 2.35. The number of rotatable bonds is 6. The Hall–Kier alpha value is -2.34. The van der Waals surface area contributed by atoms with Crippen molar-refractivity contribution in [2.24, 2.45) is 0 Å². The number of aliphatic hydroxyl groups excluding tert-OH is 1. The van der Waals surface area contributed by atoms with Gasteiger partial charge in [0.05, 0.1) is 25.7 Å². The number of aliphatic hydroxyl groups is 1. The van der Waals surface area contributed by atoms with Gasteiger partial charge in [0, 0.05) is 12.2 Å². The average Bonchev–Trinajstić information content (AvgIpc) is 3.30.